The highest BCUT2D eigenvalue weighted by atomic mass is 31.2. The summed E-state index contributed by atoms with van der Waals surface area (Å²) in [5.41, 5.74) is -0.870. The Bertz CT molecular complexity index is 359. The second-order valence-electron chi connectivity index (χ2n) is 6.22. The molecule has 0 rings (SSSR count). The van der Waals surface area contributed by atoms with E-state index < -0.39 is 21.1 Å². The summed E-state index contributed by atoms with van der Waals surface area (Å²) in [4.78, 5) is 35.5. The molecular weight excluding hydrogens is 322 g/mol. The number of rotatable bonds is 10. The van der Waals surface area contributed by atoms with Crippen LogP contribution in [-0.2, 0) is 18.2 Å². The van der Waals surface area contributed by atoms with Crippen LogP contribution in [-0.4, -0.2) is 32.8 Å². The average Bonchev–Trinajstić information content (AvgIpc) is 2.20. The van der Waals surface area contributed by atoms with Crippen molar-refractivity contribution in [2.75, 3.05) is 13.2 Å². The summed E-state index contributed by atoms with van der Waals surface area (Å²) >= 11 is 0. The first-order valence-electron chi connectivity index (χ1n) is 6.65. The zero-order chi connectivity index (χ0) is 16.9. The Balaban J connectivity index is 5.19. The fraction of sp³-hybridized carbons (Fsp3) is 1.00. The molecule has 21 heavy (non-hydrogen) atoms. The minimum absolute atomic E-state index is 0.143. The summed E-state index contributed by atoms with van der Waals surface area (Å²) < 4.78 is 31.0. The average molecular weight is 348 g/mol. The molecule has 0 bridgehead atoms. The Morgan fingerprint density at radius 3 is 1.29 bits per heavy atom. The summed E-state index contributed by atoms with van der Waals surface area (Å²) in [6.07, 6.45) is 0.927. The third kappa shape index (κ3) is 11.4. The summed E-state index contributed by atoms with van der Waals surface area (Å²) in [7, 11) is -9.33. The van der Waals surface area contributed by atoms with Crippen LogP contribution in [0.2, 0.25) is 0 Å². The molecule has 8 nitrogen and oxygen atoms in total. The lowest BCUT2D eigenvalue weighted by molar-refractivity contribution is 0.0169. The maximum Gasteiger partial charge on any atom is 0.469 e. The molecule has 0 saturated carbocycles. The lowest BCUT2D eigenvalue weighted by atomic mass is 9.75. The van der Waals surface area contributed by atoms with Crippen LogP contribution in [0, 0.1) is 17.3 Å². The van der Waals surface area contributed by atoms with Crippen LogP contribution >= 0.6 is 15.6 Å². The standard InChI is InChI=1S/C11H26O8P2/c1-9(2)5-11(6-10(3)4,7-18-20(12,13)14)8-19-21(15,16)17/h9-10H,5-8H2,1-4H3,(H2,12,13,14)(H2,15,16,17). The number of hydrogen-bond donors (Lipinski definition) is 4. The smallest absolute Gasteiger partial charge is 0.303 e. The predicted octanol–water partition coefficient (Wildman–Crippen LogP) is 2.28. The van der Waals surface area contributed by atoms with Crippen molar-refractivity contribution in [3.05, 3.63) is 0 Å². The lowest BCUT2D eigenvalue weighted by Gasteiger charge is -2.36. The van der Waals surface area contributed by atoms with Gasteiger partial charge in [-0.15, -0.1) is 0 Å². The molecule has 0 aromatic rings. The molecule has 0 unspecified atom stereocenters. The Kier molecular flexibility index (Phi) is 8.26. The molecule has 0 aliphatic carbocycles. The molecule has 0 fully saturated rings. The normalized spacial score (nSPS) is 14.2. The van der Waals surface area contributed by atoms with E-state index in [1.54, 1.807) is 0 Å². The van der Waals surface area contributed by atoms with E-state index in [9.17, 15) is 9.13 Å². The highest BCUT2D eigenvalue weighted by Gasteiger charge is 2.37. The van der Waals surface area contributed by atoms with Gasteiger partial charge in [0.15, 0.2) is 0 Å². The maximum atomic E-state index is 10.9. The Morgan fingerprint density at radius 1 is 0.810 bits per heavy atom. The Hall–Kier alpha value is 0.220. The summed E-state index contributed by atoms with van der Waals surface area (Å²) in [5, 5.41) is 0. The Labute approximate surface area is 125 Å². The van der Waals surface area contributed by atoms with Gasteiger partial charge in [-0.05, 0) is 24.7 Å². The van der Waals surface area contributed by atoms with Gasteiger partial charge in [0.25, 0.3) is 0 Å². The molecule has 0 radical (unpaired) electrons. The number of phosphoric acid groups is 2. The molecule has 0 amide bonds. The van der Waals surface area contributed by atoms with Crippen LogP contribution in [0.5, 0.6) is 0 Å². The molecule has 0 aromatic carbocycles. The largest absolute Gasteiger partial charge is 0.469 e. The van der Waals surface area contributed by atoms with E-state index in [-0.39, 0.29) is 25.0 Å². The number of phosphoric ester groups is 2. The lowest BCUT2D eigenvalue weighted by Crippen LogP contribution is -2.35. The van der Waals surface area contributed by atoms with Gasteiger partial charge in [-0.1, -0.05) is 27.7 Å². The fourth-order valence-corrected chi connectivity index (χ4v) is 3.42. The second kappa shape index (κ2) is 8.18. The third-order valence-corrected chi connectivity index (χ3v) is 3.69. The summed E-state index contributed by atoms with van der Waals surface area (Å²) in [5.74, 6) is 0.286. The van der Waals surface area contributed by atoms with Gasteiger partial charge in [-0.25, -0.2) is 9.13 Å². The first-order chi connectivity index (χ1) is 9.25. The topological polar surface area (TPSA) is 134 Å². The maximum absolute atomic E-state index is 10.9. The van der Waals surface area contributed by atoms with E-state index in [1.807, 2.05) is 27.7 Å². The van der Waals surface area contributed by atoms with Gasteiger partial charge in [0.1, 0.15) is 0 Å². The predicted molar refractivity (Wildman–Crippen MR) is 77.3 cm³/mol. The van der Waals surface area contributed by atoms with E-state index >= 15 is 0 Å². The van der Waals surface area contributed by atoms with Crippen LogP contribution in [0.3, 0.4) is 0 Å². The first-order valence-corrected chi connectivity index (χ1v) is 9.71. The van der Waals surface area contributed by atoms with Gasteiger partial charge in [0.2, 0.25) is 0 Å². The molecular formula is C11H26O8P2. The van der Waals surface area contributed by atoms with Crippen molar-refractivity contribution in [3.63, 3.8) is 0 Å². The zero-order valence-electron chi connectivity index (χ0n) is 12.8. The van der Waals surface area contributed by atoms with Crippen molar-refractivity contribution in [3.8, 4) is 0 Å². The summed E-state index contributed by atoms with van der Waals surface area (Å²) in [6.45, 7) is 6.98. The molecule has 0 atom stereocenters. The van der Waals surface area contributed by atoms with Crippen molar-refractivity contribution in [2.24, 2.45) is 17.3 Å². The minimum atomic E-state index is -4.66. The van der Waals surface area contributed by atoms with Crippen molar-refractivity contribution in [1.29, 1.82) is 0 Å². The van der Waals surface area contributed by atoms with Gasteiger partial charge in [0.05, 0.1) is 13.2 Å². The fourth-order valence-electron chi connectivity index (χ4n) is 2.53. The van der Waals surface area contributed by atoms with Gasteiger partial charge in [-0.3, -0.25) is 9.05 Å². The van der Waals surface area contributed by atoms with E-state index in [0.29, 0.717) is 12.8 Å². The monoisotopic (exact) mass is 348 g/mol. The quantitative estimate of drug-likeness (QED) is 0.442. The van der Waals surface area contributed by atoms with Crippen molar-refractivity contribution < 1.29 is 37.8 Å². The molecule has 0 spiro atoms. The van der Waals surface area contributed by atoms with Gasteiger partial charge in [0, 0.05) is 5.41 Å². The van der Waals surface area contributed by atoms with E-state index in [0.717, 1.165) is 0 Å². The minimum Gasteiger partial charge on any atom is -0.303 e. The molecule has 0 aromatic heterocycles. The molecule has 0 aliphatic heterocycles. The third-order valence-electron chi connectivity index (χ3n) is 2.76. The molecule has 0 aliphatic rings. The van der Waals surface area contributed by atoms with Crippen LogP contribution in [0.4, 0.5) is 0 Å². The van der Waals surface area contributed by atoms with Crippen molar-refractivity contribution >= 4 is 15.6 Å². The first kappa shape index (κ1) is 21.2. The second-order valence-corrected chi connectivity index (χ2v) is 8.70. The molecule has 0 heterocycles. The van der Waals surface area contributed by atoms with Gasteiger partial charge in [-0.2, -0.15) is 0 Å². The molecule has 0 saturated heterocycles. The molecule has 4 N–H and O–H groups in total. The van der Waals surface area contributed by atoms with E-state index in [1.165, 1.54) is 0 Å². The number of hydrogen-bond acceptors (Lipinski definition) is 4. The van der Waals surface area contributed by atoms with E-state index in [2.05, 4.69) is 9.05 Å². The van der Waals surface area contributed by atoms with Crippen LogP contribution in [0.15, 0.2) is 0 Å². The SMILES string of the molecule is CC(C)CC(COP(=O)(O)O)(COP(=O)(O)O)CC(C)C. The summed E-state index contributed by atoms with van der Waals surface area (Å²) in [6, 6.07) is 0. The van der Waals surface area contributed by atoms with E-state index in [4.69, 9.17) is 19.6 Å². The molecule has 10 heteroatoms. The highest BCUT2D eigenvalue weighted by Crippen LogP contribution is 2.45. The van der Waals surface area contributed by atoms with Crippen LogP contribution in [0.1, 0.15) is 40.5 Å². The Morgan fingerprint density at radius 2 is 1.10 bits per heavy atom. The zero-order valence-corrected chi connectivity index (χ0v) is 14.6. The highest BCUT2D eigenvalue weighted by molar-refractivity contribution is 7.46. The van der Waals surface area contributed by atoms with Crippen LogP contribution < -0.4 is 0 Å². The van der Waals surface area contributed by atoms with Gasteiger partial charge < -0.3 is 19.6 Å². The molecule has 128 valence electrons. The van der Waals surface area contributed by atoms with Crippen molar-refractivity contribution in [1.82, 2.24) is 0 Å². The van der Waals surface area contributed by atoms with Crippen LogP contribution in [0.25, 0.3) is 0 Å². The van der Waals surface area contributed by atoms with Gasteiger partial charge >= 0.3 is 15.6 Å². The van der Waals surface area contributed by atoms with Crippen molar-refractivity contribution in [2.45, 2.75) is 40.5 Å².